The molecule has 1 aliphatic heterocycles. The highest BCUT2D eigenvalue weighted by atomic mass is 35.5. The fourth-order valence-corrected chi connectivity index (χ4v) is 4.21. The van der Waals surface area contributed by atoms with Crippen molar-refractivity contribution < 1.29 is 18.7 Å². The molecule has 0 saturated heterocycles. The monoisotopic (exact) mass is 512 g/mol. The first kappa shape index (κ1) is 25.3. The molecule has 0 saturated carbocycles. The molecule has 11 heteroatoms. The molecule has 0 bridgehead atoms. The largest absolute Gasteiger partial charge is 0.395 e. The highest BCUT2D eigenvalue weighted by molar-refractivity contribution is 6.31. The Morgan fingerprint density at radius 2 is 1.86 bits per heavy atom. The van der Waals surface area contributed by atoms with E-state index in [-0.39, 0.29) is 35.9 Å². The van der Waals surface area contributed by atoms with Gasteiger partial charge in [0, 0.05) is 49.2 Å². The fourth-order valence-electron chi connectivity index (χ4n) is 4.06. The van der Waals surface area contributed by atoms with Crippen molar-refractivity contribution in [2.24, 2.45) is 0 Å². The Bertz CT molecular complexity index is 1320. The van der Waals surface area contributed by atoms with Crippen molar-refractivity contribution in [3.8, 4) is 17.2 Å². The molecule has 4 rings (SSSR count). The molecule has 8 nitrogen and oxygen atoms in total. The number of aromatic nitrogens is 1. The second-order valence-electron chi connectivity index (χ2n) is 7.92. The molecule has 0 spiro atoms. The van der Waals surface area contributed by atoms with Gasteiger partial charge in [0.25, 0.3) is 0 Å². The third-order valence-electron chi connectivity index (χ3n) is 5.65. The maximum Gasteiger partial charge on any atom is 0.334 e. The fraction of sp³-hybridized carbons (Fsp3) is 0.240. The van der Waals surface area contributed by atoms with E-state index in [1.54, 1.807) is 25.1 Å². The van der Waals surface area contributed by atoms with E-state index in [1.165, 1.54) is 17.2 Å². The van der Waals surface area contributed by atoms with E-state index in [2.05, 4.69) is 15.6 Å². The van der Waals surface area contributed by atoms with Gasteiger partial charge in [0.2, 0.25) is 0 Å². The first-order valence-corrected chi connectivity index (χ1v) is 11.6. The van der Waals surface area contributed by atoms with Gasteiger partial charge in [0.1, 0.15) is 11.5 Å². The van der Waals surface area contributed by atoms with Crippen LogP contribution in [0.4, 0.5) is 36.5 Å². The number of fused-ring (bicyclic) bond motifs is 3. The zero-order valence-corrected chi connectivity index (χ0v) is 20.1. The number of carbonyl (C=O) groups excluding carboxylic acids is 1. The summed E-state index contributed by atoms with van der Waals surface area (Å²) < 4.78 is 31.0. The smallest absolute Gasteiger partial charge is 0.334 e. The molecule has 0 radical (unpaired) electrons. The van der Waals surface area contributed by atoms with Crippen molar-refractivity contribution in [2.45, 2.75) is 6.92 Å². The van der Waals surface area contributed by atoms with Crippen molar-refractivity contribution >= 4 is 40.5 Å². The number of amides is 2. The van der Waals surface area contributed by atoms with Crippen LogP contribution in [0.25, 0.3) is 11.1 Å². The predicted octanol–water partition coefficient (Wildman–Crippen LogP) is 4.64. The summed E-state index contributed by atoms with van der Waals surface area (Å²) in [4.78, 5) is 20.3. The van der Waals surface area contributed by atoms with Crippen LogP contribution in [0.2, 0.25) is 5.02 Å². The van der Waals surface area contributed by atoms with E-state index in [4.69, 9.17) is 16.7 Å². The van der Waals surface area contributed by atoms with Crippen molar-refractivity contribution in [2.75, 3.05) is 47.9 Å². The van der Waals surface area contributed by atoms with Gasteiger partial charge in [0.15, 0.2) is 11.6 Å². The van der Waals surface area contributed by atoms with E-state index < -0.39 is 23.4 Å². The molecule has 0 aliphatic carbocycles. The van der Waals surface area contributed by atoms with E-state index in [9.17, 15) is 10.1 Å². The highest BCUT2D eigenvalue weighted by Gasteiger charge is 2.36. The summed E-state index contributed by atoms with van der Waals surface area (Å²) in [5.41, 5.74) is 0.900. The van der Waals surface area contributed by atoms with Crippen LogP contribution in [-0.4, -0.2) is 48.9 Å². The van der Waals surface area contributed by atoms with Crippen LogP contribution in [0.5, 0.6) is 0 Å². The summed E-state index contributed by atoms with van der Waals surface area (Å²) >= 11 is 6.20. The lowest BCUT2D eigenvalue weighted by Gasteiger charge is -2.28. The number of urea groups is 1. The molecule has 0 atom stereocenters. The zero-order valence-electron chi connectivity index (χ0n) is 19.4. The number of nitrogens with zero attached hydrogens (tertiary/aromatic N) is 4. The minimum atomic E-state index is -0.963. The number of benzene rings is 2. The van der Waals surface area contributed by atoms with Gasteiger partial charge in [-0.3, -0.25) is 9.80 Å². The van der Waals surface area contributed by atoms with Gasteiger partial charge in [0.05, 0.1) is 28.9 Å². The lowest BCUT2D eigenvalue weighted by Crippen LogP contribution is -2.41. The third kappa shape index (κ3) is 4.81. The number of rotatable bonds is 8. The molecule has 1 aromatic heterocycles. The number of carbonyl (C=O) groups is 1. The quantitative estimate of drug-likeness (QED) is 0.380. The zero-order chi connectivity index (χ0) is 25.8. The second-order valence-corrected chi connectivity index (χ2v) is 8.36. The molecule has 2 amide bonds. The molecular weight excluding hydrogens is 490 g/mol. The Kier molecular flexibility index (Phi) is 7.64. The lowest BCUT2D eigenvalue weighted by molar-refractivity contribution is 0.253. The van der Waals surface area contributed by atoms with Gasteiger partial charge in [-0.05, 0) is 37.3 Å². The van der Waals surface area contributed by atoms with Crippen LogP contribution >= 0.6 is 11.6 Å². The summed E-state index contributed by atoms with van der Waals surface area (Å²) in [6, 6.07) is 9.69. The van der Waals surface area contributed by atoms with Crippen molar-refractivity contribution in [3.05, 3.63) is 64.8 Å². The number of hydrogen-bond acceptors (Lipinski definition) is 6. The van der Waals surface area contributed by atoms with E-state index >= 15 is 8.78 Å². The summed E-state index contributed by atoms with van der Waals surface area (Å²) in [6.07, 6.45) is 1.40. The number of halogens is 3. The van der Waals surface area contributed by atoms with E-state index in [1.807, 2.05) is 6.07 Å². The Morgan fingerprint density at radius 1 is 1.11 bits per heavy atom. The molecule has 0 unspecified atom stereocenters. The first-order valence-electron chi connectivity index (χ1n) is 11.3. The van der Waals surface area contributed by atoms with Crippen LogP contribution in [0, 0.1) is 23.0 Å². The summed E-state index contributed by atoms with van der Waals surface area (Å²) in [5.74, 6) is -1.64. The predicted molar refractivity (Wildman–Crippen MR) is 135 cm³/mol. The Hall–Kier alpha value is -3.78. The minimum Gasteiger partial charge on any atom is -0.395 e. The first-order chi connectivity index (χ1) is 17.4. The van der Waals surface area contributed by atoms with Crippen LogP contribution in [0.3, 0.4) is 0 Å². The molecule has 3 N–H and O–H groups in total. The van der Waals surface area contributed by atoms with Gasteiger partial charge in [-0.25, -0.2) is 18.6 Å². The summed E-state index contributed by atoms with van der Waals surface area (Å²) in [6.45, 7) is 3.11. The summed E-state index contributed by atoms with van der Waals surface area (Å²) in [5, 5.41) is 24.5. The van der Waals surface area contributed by atoms with E-state index in [0.29, 0.717) is 35.8 Å². The molecule has 3 aromatic rings. The van der Waals surface area contributed by atoms with Crippen molar-refractivity contribution in [1.29, 1.82) is 5.26 Å². The molecule has 2 aromatic carbocycles. The van der Waals surface area contributed by atoms with Crippen LogP contribution < -0.4 is 20.4 Å². The SMILES string of the molecule is CCN1C(=O)N(c2c(F)cc(NCCNCCO)cc2F)c2cc(C#N)ccc2-c2cc(Cl)cnc21. The van der Waals surface area contributed by atoms with Gasteiger partial charge < -0.3 is 15.7 Å². The average molecular weight is 513 g/mol. The Morgan fingerprint density at radius 3 is 2.53 bits per heavy atom. The Balaban J connectivity index is 1.84. The lowest BCUT2D eigenvalue weighted by atomic mass is 10.0. The topological polar surface area (TPSA) is 105 Å². The molecule has 0 fully saturated rings. The normalized spacial score (nSPS) is 12.6. The summed E-state index contributed by atoms with van der Waals surface area (Å²) in [7, 11) is 0. The minimum absolute atomic E-state index is 0.0167. The van der Waals surface area contributed by atoms with Gasteiger partial charge >= 0.3 is 6.03 Å². The molecule has 1 aliphatic rings. The number of hydrogen-bond donors (Lipinski definition) is 3. The maximum absolute atomic E-state index is 15.5. The maximum atomic E-state index is 15.5. The van der Waals surface area contributed by atoms with Crippen LogP contribution in [0.1, 0.15) is 12.5 Å². The van der Waals surface area contributed by atoms with E-state index in [0.717, 1.165) is 17.0 Å². The number of anilines is 4. The number of aliphatic hydroxyl groups excluding tert-OH is 1. The number of nitriles is 1. The Labute approximate surface area is 211 Å². The molecule has 186 valence electrons. The van der Waals surface area contributed by atoms with Gasteiger partial charge in [-0.15, -0.1) is 0 Å². The average Bonchev–Trinajstić information content (AvgIpc) is 2.95. The van der Waals surface area contributed by atoms with Crippen molar-refractivity contribution in [1.82, 2.24) is 10.3 Å². The van der Waals surface area contributed by atoms with Crippen LogP contribution in [-0.2, 0) is 0 Å². The van der Waals surface area contributed by atoms with Crippen LogP contribution in [0.15, 0.2) is 42.6 Å². The van der Waals surface area contributed by atoms with Gasteiger partial charge in [-0.1, -0.05) is 17.7 Å². The van der Waals surface area contributed by atoms with Gasteiger partial charge in [-0.2, -0.15) is 5.26 Å². The molecular formula is C25H23ClF2N6O2. The number of nitrogens with one attached hydrogen (secondary N) is 2. The van der Waals surface area contributed by atoms with Crippen molar-refractivity contribution in [3.63, 3.8) is 0 Å². The number of aliphatic hydroxyl groups is 1. The third-order valence-corrected chi connectivity index (χ3v) is 5.85. The molecule has 36 heavy (non-hydrogen) atoms. The number of pyridine rings is 1. The highest BCUT2D eigenvalue weighted by Crippen LogP contribution is 2.45. The molecule has 2 heterocycles. The second kappa shape index (κ2) is 10.9. The standard InChI is InChI=1S/C25H23ClF2N6O2/c1-2-33-24-19(10-16(26)14-32-24)18-4-3-15(13-29)9-22(18)34(25(33)36)23-20(27)11-17(12-21(23)28)31-6-5-30-7-8-35/h3-4,9-12,14,30-31,35H,2,5-8H2,1H3.